The van der Waals surface area contributed by atoms with Gasteiger partial charge in [0.05, 0.1) is 7.11 Å². The Balaban J connectivity index is 1.85. The van der Waals surface area contributed by atoms with Crippen molar-refractivity contribution in [3.8, 4) is 5.75 Å². The molecule has 2 rings (SSSR count). The van der Waals surface area contributed by atoms with Crippen LogP contribution in [0.2, 0.25) is 0 Å². The molecule has 0 unspecified atom stereocenters. The number of aryl methyl sites for hydroxylation is 1. The Labute approximate surface area is 132 Å². The third-order valence-corrected chi connectivity index (χ3v) is 3.40. The van der Waals surface area contributed by atoms with Crippen molar-refractivity contribution in [2.45, 2.75) is 20.0 Å². The summed E-state index contributed by atoms with van der Waals surface area (Å²) in [5, 5.41) is 6.61. The van der Waals surface area contributed by atoms with Crippen molar-refractivity contribution in [1.82, 2.24) is 10.6 Å². The zero-order chi connectivity index (χ0) is 15.8. The lowest BCUT2D eigenvalue weighted by Crippen LogP contribution is -2.36. The van der Waals surface area contributed by atoms with Gasteiger partial charge in [0.1, 0.15) is 5.75 Å². The third kappa shape index (κ3) is 4.81. The Morgan fingerprint density at radius 3 is 2.32 bits per heavy atom. The average molecular weight is 297 g/mol. The Morgan fingerprint density at radius 1 is 1.00 bits per heavy atom. The fraction of sp³-hybridized carbons (Fsp3) is 0.278. The number of benzene rings is 2. The molecule has 2 aromatic rings. The first-order chi connectivity index (χ1) is 10.7. The van der Waals surface area contributed by atoms with Gasteiger partial charge in [-0.1, -0.05) is 42.0 Å². The van der Waals surface area contributed by atoms with Gasteiger partial charge in [-0.25, -0.2) is 0 Å². The van der Waals surface area contributed by atoms with Gasteiger partial charge in [-0.05, 0) is 30.2 Å². The summed E-state index contributed by atoms with van der Waals surface area (Å²) in [5.74, 6) is 1.64. The smallest absolute Gasteiger partial charge is 0.191 e. The molecule has 22 heavy (non-hydrogen) atoms. The van der Waals surface area contributed by atoms with Crippen molar-refractivity contribution in [2.24, 2.45) is 4.99 Å². The molecule has 0 aliphatic rings. The minimum Gasteiger partial charge on any atom is -0.497 e. The van der Waals surface area contributed by atoms with Crippen LogP contribution in [0.25, 0.3) is 0 Å². The summed E-state index contributed by atoms with van der Waals surface area (Å²) in [5.41, 5.74) is 3.65. The Morgan fingerprint density at radius 2 is 1.68 bits per heavy atom. The molecular weight excluding hydrogens is 274 g/mol. The average Bonchev–Trinajstić information content (AvgIpc) is 2.57. The predicted molar refractivity (Wildman–Crippen MR) is 91.2 cm³/mol. The van der Waals surface area contributed by atoms with E-state index in [1.807, 2.05) is 18.2 Å². The summed E-state index contributed by atoms with van der Waals surface area (Å²) in [6, 6.07) is 16.5. The second kappa shape index (κ2) is 8.08. The molecule has 4 nitrogen and oxygen atoms in total. The monoisotopic (exact) mass is 297 g/mol. The highest BCUT2D eigenvalue weighted by Crippen LogP contribution is 2.12. The van der Waals surface area contributed by atoms with Crippen molar-refractivity contribution < 1.29 is 4.74 Å². The van der Waals surface area contributed by atoms with Crippen LogP contribution in [0, 0.1) is 6.92 Å². The van der Waals surface area contributed by atoms with E-state index in [0.29, 0.717) is 6.54 Å². The highest BCUT2D eigenvalue weighted by molar-refractivity contribution is 5.79. The zero-order valence-electron chi connectivity index (χ0n) is 13.4. The minimum atomic E-state index is 0.699. The van der Waals surface area contributed by atoms with Crippen LogP contribution in [0.3, 0.4) is 0 Å². The van der Waals surface area contributed by atoms with Crippen molar-refractivity contribution in [3.63, 3.8) is 0 Å². The standard InChI is InChI=1S/C18H23N3O/c1-14-7-9-15(10-8-14)12-20-18(19-2)21-13-16-5-4-6-17(11-16)22-3/h4-11H,12-13H2,1-3H3,(H2,19,20,21). The molecule has 0 saturated carbocycles. The molecule has 0 saturated heterocycles. The van der Waals surface area contributed by atoms with Gasteiger partial charge < -0.3 is 15.4 Å². The second-order valence-corrected chi connectivity index (χ2v) is 5.12. The zero-order valence-corrected chi connectivity index (χ0v) is 13.4. The molecule has 2 N–H and O–H groups in total. The van der Waals surface area contributed by atoms with E-state index in [-0.39, 0.29) is 0 Å². The van der Waals surface area contributed by atoms with Crippen molar-refractivity contribution >= 4 is 5.96 Å². The lowest BCUT2D eigenvalue weighted by molar-refractivity contribution is 0.414. The molecule has 0 aromatic heterocycles. The molecule has 116 valence electrons. The number of hydrogen-bond donors (Lipinski definition) is 2. The van der Waals surface area contributed by atoms with Gasteiger partial charge in [-0.2, -0.15) is 0 Å². The van der Waals surface area contributed by atoms with E-state index in [4.69, 9.17) is 4.74 Å². The second-order valence-electron chi connectivity index (χ2n) is 5.12. The molecule has 0 heterocycles. The van der Waals surface area contributed by atoms with Crippen LogP contribution in [0.4, 0.5) is 0 Å². The van der Waals surface area contributed by atoms with Gasteiger partial charge in [0.2, 0.25) is 0 Å². The van der Waals surface area contributed by atoms with E-state index in [1.165, 1.54) is 11.1 Å². The van der Waals surface area contributed by atoms with Gasteiger partial charge in [0.15, 0.2) is 5.96 Å². The predicted octanol–water partition coefficient (Wildman–Crippen LogP) is 2.87. The van der Waals surface area contributed by atoms with Crippen LogP contribution in [-0.2, 0) is 13.1 Å². The van der Waals surface area contributed by atoms with E-state index in [9.17, 15) is 0 Å². The van der Waals surface area contributed by atoms with E-state index in [2.05, 4.69) is 52.9 Å². The molecular formula is C18H23N3O. The van der Waals surface area contributed by atoms with E-state index >= 15 is 0 Å². The number of nitrogens with zero attached hydrogens (tertiary/aromatic N) is 1. The fourth-order valence-corrected chi connectivity index (χ4v) is 2.08. The topological polar surface area (TPSA) is 45.7 Å². The molecule has 0 aliphatic heterocycles. The van der Waals surface area contributed by atoms with E-state index < -0.39 is 0 Å². The van der Waals surface area contributed by atoms with Crippen LogP contribution in [0.1, 0.15) is 16.7 Å². The fourth-order valence-electron chi connectivity index (χ4n) is 2.08. The molecule has 0 bridgehead atoms. The molecule has 0 atom stereocenters. The van der Waals surface area contributed by atoms with Gasteiger partial charge in [-0.15, -0.1) is 0 Å². The number of methoxy groups -OCH3 is 1. The third-order valence-electron chi connectivity index (χ3n) is 3.40. The van der Waals surface area contributed by atoms with Crippen molar-refractivity contribution in [3.05, 3.63) is 65.2 Å². The van der Waals surface area contributed by atoms with E-state index in [0.717, 1.165) is 23.8 Å². The number of aliphatic imine (C=N–C) groups is 1. The summed E-state index contributed by atoms with van der Waals surface area (Å²) in [6.07, 6.45) is 0. The maximum Gasteiger partial charge on any atom is 0.191 e. The quantitative estimate of drug-likeness (QED) is 0.659. The van der Waals surface area contributed by atoms with E-state index in [1.54, 1.807) is 14.2 Å². The van der Waals surface area contributed by atoms with Crippen molar-refractivity contribution in [2.75, 3.05) is 14.2 Å². The van der Waals surface area contributed by atoms with Crippen LogP contribution in [-0.4, -0.2) is 20.1 Å². The minimum absolute atomic E-state index is 0.699. The number of nitrogens with one attached hydrogen (secondary N) is 2. The summed E-state index contributed by atoms with van der Waals surface area (Å²) in [7, 11) is 3.45. The highest BCUT2D eigenvalue weighted by Gasteiger charge is 2.00. The number of hydrogen-bond acceptors (Lipinski definition) is 2. The highest BCUT2D eigenvalue weighted by atomic mass is 16.5. The molecule has 0 radical (unpaired) electrons. The van der Waals surface area contributed by atoms with Crippen LogP contribution >= 0.6 is 0 Å². The first-order valence-corrected chi connectivity index (χ1v) is 7.34. The summed E-state index contributed by atoms with van der Waals surface area (Å²) in [4.78, 5) is 4.24. The first kappa shape index (κ1) is 15.9. The first-order valence-electron chi connectivity index (χ1n) is 7.34. The molecule has 0 amide bonds. The molecule has 0 aliphatic carbocycles. The SMILES string of the molecule is CN=C(NCc1ccc(C)cc1)NCc1cccc(OC)c1. The van der Waals surface area contributed by atoms with Crippen molar-refractivity contribution in [1.29, 1.82) is 0 Å². The number of rotatable bonds is 5. The van der Waals surface area contributed by atoms with Crippen LogP contribution < -0.4 is 15.4 Å². The van der Waals surface area contributed by atoms with Gasteiger partial charge >= 0.3 is 0 Å². The summed E-state index contributed by atoms with van der Waals surface area (Å²) >= 11 is 0. The summed E-state index contributed by atoms with van der Waals surface area (Å²) < 4.78 is 5.23. The molecule has 4 heteroatoms. The Kier molecular flexibility index (Phi) is 5.83. The lowest BCUT2D eigenvalue weighted by Gasteiger charge is -2.12. The molecule has 0 spiro atoms. The van der Waals surface area contributed by atoms with Gasteiger partial charge in [0, 0.05) is 20.1 Å². The number of guanidine groups is 1. The molecule has 2 aromatic carbocycles. The summed E-state index contributed by atoms with van der Waals surface area (Å²) in [6.45, 7) is 3.54. The molecule has 0 fully saturated rings. The maximum absolute atomic E-state index is 5.23. The normalized spacial score (nSPS) is 11.1. The maximum atomic E-state index is 5.23. The Hall–Kier alpha value is -2.49. The number of ether oxygens (including phenoxy) is 1. The lowest BCUT2D eigenvalue weighted by atomic mass is 10.1. The van der Waals surface area contributed by atoms with Gasteiger partial charge in [0.25, 0.3) is 0 Å². The Bertz CT molecular complexity index is 620. The largest absolute Gasteiger partial charge is 0.497 e. The van der Waals surface area contributed by atoms with Gasteiger partial charge in [-0.3, -0.25) is 4.99 Å². The van der Waals surface area contributed by atoms with Crippen LogP contribution in [0.5, 0.6) is 5.75 Å². The van der Waals surface area contributed by atoms with Crippen LogP contribution in [0.15, 0.2) is 53.5 Å².